The highest BCUT2D eigenvalue weighted by Crippen LogP contribution is 2.49. The zero-order chi connectivity index (χ0) is 15.5. The third-order valence-electron chi connectivity index (χ3n) is 3.94. The maximum Gasteiger partial charge on any atom is 0.0516 e. The van der Waals surface area contributed by atoms with Gasteiger partial charge in [-0.2, -0.15) is 0 Å². The zero-order valence-electron chi connectivity index (χ0n) is 13.9. The van der Waals surface area contributed by atoms with E-state index in [2.05, 4.69) is 86.8 Å². The lowest BCUT2D eigenvalue weighted by Gasteiger charge is -2.37. The molecule has 114 valence electrons. The molecule has 2 rings (SSSR count). The molecule has 0 heterocycles. The molecule has 0 saturated carbocycles. The summed E-state index contributed by atoms with van der Waals surface area (Å²) in [5.41, 5.74) is 4.06. The van der Waals surface area contributed by atoms with Gasteiger partial charge in [-0.15, -0.1) is 0 Å². The molecule has 1 nitrogen and oxygen atoms in total. The standard InChI is InChI=1S/C19H27NS/c1-6-17-8-7-9-18(14-17)20(3)15-21(4,5)19-12-10-16(2)11-13-19/h7-14H,6,15H2,1-5H3. The molecule has 0 bridgehead atoms. The topological polar surface area (TPSA) is 3.24 Å². The van der Waals surface area contributed by atoms with Crippen molar-refractivity contribution in [3.8, 4) is 0 Å². The Hall–Kier alpha value is -1.41. The molecular formula is C19H27NS. The van der Waals surface area contributed by atoms with Crippen molar-refractivity contribution in [3.05, 3.63) is 59.7 Å². The highest BCUT2D eigenvalue weighted by molar-refractivity contribution is 8.32. The summed E-state index contributed by atoms with van der Waals surface area (Å²) in [4.78, 5) is 3.88. The summed E-state index contributed by atoms with van der Waals surface area (Å²) in [5.74, 6) is 1.09. The summed E-state index contributed by atoms with van der Waals surface area (Å²) in [6.07, 6.45) is 5.89. The Labute approximate surface area is 131 Å². The number of hydrogen-bond donors (Lipinski definition) is 0. The first-order valence-electron chi connectivity index (χ1n) is 7.50. The SMILES string of the molecule is CCc1cccc(N(C)CS(C)(C)c2ccc(C)cc2)c1. The molecule has 0 aliphatic heterocycles. The lowest BCUT2D eigenvalue weighted by molar-refractivity contribution is 1.06. The lowest BCUT2D eigenvalue weighted by atomic mass is 10.1. The maximum absolute atomic E-state index is 2.40. The largest absolute Gasteiger partial charge is 0.366 e. The summed E-state index contributed by atoms with van der Waals surface area (Å²) in [5, 5.41) is 0. The number of anilines is 1. The molecule has 0 aliphatic rings. The highest BCUT2D eigenvalue weighted by Gasteiger charge is 2.17. The van der Waals surface area contributed by atoms with Gasteiger partial charge in [-0.3, -0.25) is 0 Å². The van der Waals surface area contributed by atoms with Gasteiger partial charge in [-0.1, -0.05) is 36.8 Å². The van der Waals surface area contributed by atoms with Crippen LogP contribution >= 0.6 is 10.0 Å². The average Bonchev–Trinajstić information content (AvgIpc) is 2.47. The number of benzene rings is 2. The molecular weight excluding hydrogens is 274 g/mol. The van der Waals surface area contributed by atoms with Crippen LogP contribution in [0.3, 0.4) is 0 Å². The minimum absolute atomic E-state index is 0.818. The van der Waals surface area contributed by atoms with E-state index in [9.17, 15) is 0 Å². The van der Waals surface area contributed by atoms with Crippen LogP contribution in [0, 0.1) is 6.92 Å². The molecule has 0 aromatic heterocycles. The minimum Gasteiger partial charge on any atom is -0.366 e. The van der Waals surface area contributed by atoms with Crippen molar-refractivity contribution in [3.63, 3.8) is 0 Å². The molecule has 0 saturated heterocycles. The quantitative estimate of drug-likeness (QED) is 0.745. The van der Waals surface area contributed by atoms with Crippen molar-refractivity contribution < 1.29 is 0 Å². The van der Waals surface area contributed by atoms with Gasteiger partial charge in [0.05, 0.1) is 5.88 Å². The van der Waals surface area contributed by atoms with Crippen LogP contribution < -0.4 is 4.90 Å². The van der Waals surface area contributed by atoms with E-state index in [-0.39, 0.29) is 0 Å². The van der Waals surface area contributed by atoms with E-state index in [1.807, 2.05) is 0 Å². The Bertz CT molecular complexity index is 587. The lowest BCUT2D eigenvalue weighted by Crippen LogP contribution is -2.23. The first kappa shape index (κ1) is 16.0. The van der Waals surface area contributed by atoms with Crippen LogP contribution in [0.15, 0.2) is 53.4 Å². The molecule has 0 radical (unpaired) electrons. The molecule has 0 amide bonds. The van der Waals surface area contributed by atoms with Crippen molar-refractivity contribution in [1.82, 2.24) is 0 Å². The second kappa shape index (κ2) is 6.57. The Morgan fingerprint density at radius 3 is 2.29 bits per heavy atom. The van der Waals surface area contributed by atoms with E-state index in [0.717, 1.165) is 12.3 Å². The number of hydrogen-bond acceptors (Lipinski definition) is 1. The summed E-state index contributed by atoms with van der Waals surface area (Å²) in [6, 6.07) is 17.9. The molecule has 0 aliphatic carbocycles. The van der Waals surface area contributed by atoms with Crippen LogP contribution in [-0.4, -0.2) is 25.4 Å². The van der Waals surface area contributed by atoms with Gasteiger partial charge in [-0.25, -0.2) is 10.0 Å². The number of rotatable bonds is 5. The van der Waals surface area contributed by atoms with Crippen LogP contribution in [0.2, 0.25) is 0 Å². The predicted octanol–water partition coefficient (Wildman–Crippen LogP) is 5.07. The second-order valence-electron chi connectivity index (χ2n) is 6.20. The smallest absolute Gasteiger partial charge is 0.0516 e. The molecule has 0 spiro atoms. The van der Waals surface area contributed by atoms with Gasteiger partial charge in [0.25, 0.3) is 0 Å². The van der Waals surface area contributed by atoms with Gasteiger partial charge >= 0.3 is 0 Å². The van der Waals surface area contributed by atoms with Crippen molar-refractivity contribution in [1.29, 1.82) is 0 Å². The molecule has 2 aromatic rings. The third-order valence-corrected chi connectivity index (χ3v) is 6.52. The van der Waals surface area contributed by atoms with Gasteiger partial charge in [0.15, 0.2) is 0 Å². The summed E-state index contributed by atoms with van der Waals surface area (Å²) >= 11 is 0. The molecule has 0 unspecified atom stereocenters. The zero-order valence-corrected chi connectivity index (χ0v) is 14.7. The van der Waals surface area contributed by atoms with Crippen LogP contribution in [0.25, 0.3) is 0 Å². The van der Waals surface area contributed by atoms with Gasteiger partial charge in [0.1, 0.15) is 0 Å². The van der Waals surface area contributed by atoms with Gasteiger partial charge in [-0.05, 0) is 60.6 Å². The Morgan fingerprint density at radius 1 is 1.00 bits per heavy atom. The van der Waals surface area contributed by atoms with E-state index < -0.39 is 10.0 Å². The summed E-state index contributed by atoms with van der Waals surface area (Å²) in [7, 11) is 1.39. The van der Waals surface area contributed by atoms with E-state index in [4.69, 9.17) is 0 Å². The van der Waals surface area contributed by atoms with E-state index in [1.165, 1.54) is 21.7 Å². The van der Waals surface area contributed by atoms with Crippen LogP contribution in [0.4, 0.5) is 5.69 Å². The van der Waals surface area contributed by atoms with Crippen molar-refractivity contribution >= 4 is 15.7 Å². The van der Waals surface area contributed by atoms with E-state index in [0.29, 0.717) is 0 Å². The molecule has 0 fully saturated rings. The molecule has 2 heteroatoms. The molecule has 21 heavy (non-hydrogen) atoms. The van der Waals surface area contributed by atoms with Crippen LogP contribution in [-0.2, 0) is 6.42 Å². The van der Waals surface area contributed by atoms with Crippen molar-refractivity contribution in [2.75, 3.05) is 30.3 Å². The monoisotopic (exact) mass is 301 g/mol. The average molecular weight is 301 g/mol. The van der Waals surface area contributed by atoms with Gasteiger partial charge in [0, 0.05) is 12.7 Å². The number of aryl methyl sites for hydroxylation is 2. The van der Waals surface area contributed by atoms with E-state index >= 15 is 0 Å². The van der Waals surface area contributed by atoms with Crippen LogP contribution in [0.5, 0.6) is 0 Å². The third kappa shape index (κ3) is 4.04. The predicted molar refractivity (Wildman–Crippen MR) is 98.0 cm³/mol. The molecule has 2 aromatic carbocycles. The normalized spacial score (nSPS) is 12.2. The minimum atomic E-state index is -0.818. The summed E-state index contributed by atoms with van der Waals surface area (Å²) < 4.78 is 0. The fourth-order valence-electron chi connectivity index (χ4n) is 2.55. The van der Waals surface area contributed by atoms with Crippen LogP contribution in [0.1, 0.15) is 18.1 Å². The molecule has 0 N–H and O–H groups in total. The van der Waals surface area contributed by atoms with E-state index in [1.54, 1.807) is 0 Å². The summed E-state index contributed by atoms with van der Waals surface area (Å²) in [6.45, 7) is 4.36. The fourth-order valence-corrected chi connectivity index (χ4v) is 4.69. The fraction of sp³-hybridized carbons (Fsp3) is 0.368. The Balaban J connectivity index is 2.16. The number of nitrogens with zero attached hydrogens (tertiary/aromatic N) is 1. The Kier molecular flexibility index (Phi) is 5.00. The Morgan fingerprint density at radius 2 is 1.67 bits per heavy atom. The molecule has 0 atom stereocenters. The first-order chi connectivity index (χ1) is 9.92. The van der Waals surface area contributed by atoms with Crippen molar-refractivity contribution in [2.45, 2.75) is 25.2 Å². The van der Waals surface area contributed by atoms with Crippen molar-refractivity contribution in [2.24, 2.45) is 0 Å². The van der Waals surface area contributed by atoms with Gasteiger partial charge in [0.2, 0.25) is 0 Å². The van der Waals surface area contributed by atoms with Gasteiger partial charge < -0.3 is 4.90 Å². The maximum atomic E-state index is 2.40. The highest BCUT2D eigenvalue weighted by atomic mass is 32.3. The second-order valence-corrected chi connectivity index (χ2v) is 10.0. The first-order valence-corrected chi connectivity index (χ1v) is 10.1.